The van der Waals surface area contributed by atoms with Gasteiger partial charge in [0.15, 0.2) is 11.5 Å². The largest absolute Gasteiger partial charge is 0.493 e. The fourth-order valence-corrected chi connectivity index (χ4v) is 5.83. The van der Waals surface area contributed by atoms with Crippen molar-refractivity contribution in [3.05, 3.63) is 23.8 Å². The van der Waals surface area contributed by atoms with E-state index in [9.17, 15) is 14.7 Å². The lowest BCUT2D eigenvalue weighted by atomic mass is 9.77. The molecule has 2 saturated carbocycles. The maximum Gasteiger partial charge on any atom is 0.311 e. The molecular weight excluding hydrogens is 358 g/mol. The molecule has 0 spiro atoms. The molecule has 4 rings (SSSR count). The molecule has 3 aliphatic rings. The third kappa shape index (κ3) is 2.68. The molecule has 2 atom stereocenters. The van der Waals surface area contributed by atoms with E-state index in [2.05, 4.69) is 0 Å². The normalized spacial score (nSPS) is 28.2. The monoisotopic (exact) mass is 387 g/mol. The first-order chi connectivity index (χ1) is 13.5. The zero-order valence-corrected chi connectivity index (χ0v) is 16.7. The molecule has 6 heteroatoms. The van der Waals surface area contributed by atoms with Gasteiger partial charge in [-0.1, -0.05) is 25.3 Å². The second-order valence-electron chi connectivity index (χ2n) is 8.60. The minimum atomic E-state index is -0.743. The second kappa shape index (κ2) is 6.98. The molecule has 2 aliphatic carbocycles. The number of rotatable bonds is 5. The van der Waals surface area contributed by atoms with Gasteiger partial charge in [-0.25, -0.2) is 0 Å². The molecule has 1 heterocycles. The predicted octanol–water partition coefficient (Wildman–Crippen LogP) is 3.23. The summed E-state index contributed by atoms with van der Waals surface area (Å²) in [6, 6.07) is 5.75. The van der Waals surface area contributed by atoms with Gasteiger partial charge in [0.2, 0.25) is 5.91 Å². The Balaban J connectivity index is 1.67. The van der Waals surface area contributed by atoms with Crippen LogP contribution in [0.4, 0.5) is 0 Å². The molecule has 0 bridgehead atoms. The topological polar surface area (TPSA) is 76.1 Å². The average molecular weight is 387 g/mol. The van der Waals surface area contributed by atoms with Gasteiger partial charge in [0.1, 0.15) is 0 Å². The van der Waals surface area contributed by atoms with E-state index in [1.807, 2.05) is 23.1 Å². The summed E-state index contributed by atoms with van der Waals surface area (Å²) in [5, 5.41) is 9.88. The number of aliphatic carboxylic acids is 1. The van der Waals surface area contributed by atoms with Crippen LogP contribution in [-0.2, 0) is 15.0 Å². The molecule has 1 saturated heterocycles. The highest BCUT2D eigenvalue weighted by Crippen LogP contribution is 2.51. The van der Waals surface area contributed by atoms with E-state index in [0.717, 1.165) is 44.1 Å². The Morgan fingerprint density at radius 2 is 1.79 bits per heavy atom. The summed E-state index contributed by atoms with van der Waals surface area (Å²) in [6.45, 7) is 0.918. The van der Waals surface area contributed by atoms with E-state index in [0.29, 0.717) is 31.0 Å². The van der Waals surface area contributed by atoms with Gasteiger partial charge in [0.25, 0.3) is 0 Å². The molecular formula is C22H29NO5. The summed E-state index contributed by atoms with van der Waals surface area (Å²) in [4.78, 5) is 27.7. The number of benzene rings is 1. The van der Waals surface area contributed by atoms with Crippen LogP contribution in [0.25, 0.3) is 0 Å². The highest BCUT2D eigenvalue weighted by Gasteiger charge is 2.58. The van der Waals surface area contributed by atoms with E-state index in [-0.39, 0.29) is 11.8 Å². The smallest absolute Gasteiger partial charge is 0.311 e. The summed E-state index contributed by atoms with van der Waals surface area (Å²) in [6.07, 6.45) is 6.12. The summed E-state index contributed by atoms with van der Waals surface area (Å²) in [5.74, 6) is 0.702. The Labute approximate surface area is 165 Å². The Morgan fingerprint density at radius 1 is 1.07 bits per heavy atom. The molecule has 3 fully saturated rings. The summed E-state index contributed by atoms with van der Waals surface area (Å²) in [7, 11) is 3.20. The molecule has 1 amide bonds. The van der Waals surface area contributed by atoms with Crippen molar-refractivity contribution < 1.29 is 24.2 Å². The number of ether oxygens (including phenoxy) is 2. The summed E-state index contributed by atoms with van der Waals surface area (Å²) >= 11 is 0. The number of carbonyl (C=O) groups excluding carboxylic acids is 1. The van der Waals surface area contributed by atoms with E-state index in [4.69, 9.17) is 9.47 Å². The van der Waals surface area contributed by atoms with Crippen molar-refractivity contribution in [3.8, 4) is 11.5 Å². The number of amides is 1. The van der Waals surface area contributed by atoms with E-state index < -0.39 is 16.8 Å². The van der Waals surface area contributed by atoms with Crippen LogP contribution in [0.2, 0.25) is 0 Å². The van der Waals surface area contributed by atoms with Gasteiger partial charge in [-0.15, -0.1) is 0 Å². The first-order valence-electron chi connectivity index (χ1n) is 10.2. The Morgan fingerprint density at radius 3 is 2.39 bits per heavy atom. The first-order valence-corrected chi connectivity index (χ1v) is 10.2. The standard InChI is InChI=1S/C22H29NO5/c1-27-17-8-7-15(12-18(17)28-2)21(9-3-4-10-21)19(24)23-13-16-6-5-11-22(16,14-23)20(25)26/h7-8,12,16H,3-6,9-11,13-14H2,1-2H3,(H,25,26)/t16-,22+/m0/s1. The van der Waals surface area contributed by atoms with Crippen LogP contribution in [0.1, 0.15) is 50.5 Å². The van der Waals surface area contributed by atoms with Crippen LogP contribution < -0.4 is 9.47 Å². The number of nitrogens with zero attached hydrogens (tertiary/aromatic N) is 1. The number of likely N-dealkylation sites (tertiary alicyclic amines) is 1. The van der Waals surface area contributed by atoms with Crippen LogP contribution in [0.15, 0.2) is 18.2 Å². The number of fused-ring (bicyclic) bond motifs is 1. The fraction of sp³-hybridized carbons (Fsp3) is 0.636. The predicted molar refractivity (Wildman–Crippen MR) is 104 cm³/mol. The minimum Gasteiger partial charge on any atom is -0.493 e. The zero-order valence-electron chi connectivity index (χ0n) is 16.7. The number of hydrogen-bond donors (Lipinski definition) is 1. The van der Waals surface area contributed by atoms with Crippen LogP contribution in [0, 0.1) is 11.3 Å². The minimum absolute atomic E-state index is 0.0813. The number of carboxylic acid groups (broad SMARTS) is 1. The number of hydrogen-bond acceptors (Lipinski definition) is 4. The van der Waals surface area contributed by atoms with Gasteiger partial charge in [-0.3, -0.25) is 9.59 Å². The van der Waals surface area contributed by atoms with Crippen molar-refractivity contribution in [2.45, 2.75) is 50.4 Å². The molecule has 1 aromatic carbocycles. The third-order valence-corrected chi connectivity index (χ3v) is 7.39. The number of carboxylic acids is 1. The molecule has 0 unspecified atom stereocenters. The fourth-order valence-electron chi connectivity index (χ4n) is 5.83. The van der Waals surface area contributed by atoms with Gasteiger partial charge in [-0.2, -0.15) is 0 Å². The van der Waals surface area contributed by atoms with Gasteiger partial charge < -0.3 is 19.5 Å². The molecule has 1 N–H and O–H groups in total. The van der Waals surface area contributed by atoms with Gasteiger partial charge in [0, 0.05) is 13.1 Å². The van der Waals surface area contributed by atoms with Crippen molar-refractivity contribution in [1.82, 2.24) is 4.90 Å². The summed E-state index contributed by atoms with van der Waals surface area (Å²) < 4.78 is 10.8. The van der Waals surface area contributed by atoms with Gasteiger partial charge in [-0.05, 0) is 49.3 Å². The van der Waals surface area contributed by atoms with Crippen molar-refractivity contribution >= 4 is 11.9 Å². The van der Waals surface area contributed by atoms with Crippen molar-refractivity contribution in [2.75, 3.05) is 27.3 Å². The van der Waals surface area contributed by atoms with Crippen LogP contribution in [0.3, 0.4) is 0 Å². The average Bonchev–Trinajstić information content (AvgIpc) is 3.41. The van der Waals surface area contributed by atoms with Crippen LogP contribution >= 0.6 is 0 Å². The van der Waals surface area contributed by atoms with Crippen molar-refractivity contribution in [1.29, 1.82) is 0 Å². The molecule has 0 radical (unpaired) electrons. The SMILES string of the molecule is COc1ccc(C2(C(=O)N3C[C@@H]4CCC[C@@]4(C(=O)O)C3)CCCC2)cc1OC. The lowest BCUT2D eigenvalue weighted by Gasteiger charge is -2.34. The molecule has 0 aromatic heterocycles. The highest BCUT2D eigenvalue weighted by molar-refractivity contribution is 5.90. The maximum absolute atomic E-state index is 13.8. The Bertz CT molecular complexity index is 785. The lowest BCUT2D eigenvalue weighted by Crippen LogP contribution is -2.46. The number of methoxy groups -OCH3 is 2. The molecule has 1 aliphatic heterocycles. The molecule has 6 nitrogen and oxygen atoms in total. The third-order valence-electron chi connectivity index (χ3n) is 7.39. The Kier molecular flexibility index (Phi) is 4.76. The Hall–Kier alpha value is -2.24. The zero-order chi connectivity index (χ0) is 19.9. The van der Waals surface area contributed by atoms with Gasteiger partial charge in [0.05, 0.1) is 25.0 Å². The first kappa shape index (κ1) is 19.1. The molecule has 1 aromatic rings. The van der Waals surface area contributed by atoms with Gasteiger partial charge >= 0.3 is 5.97 Å². The second-order valence-corrected chi connectivity index (χ2v) is 8.60. The van der Waals surface area contributed by atoms with Crippen molar-refractivity contribution in [3.63, 3.8) is 0 Å². The van der Waals surface area contributed by atoms with Crippen LogP contribution in [-0.4, -0.2) is 49.2 Å². The van der Waals surface area contributed by atoms with Crippen molar-refractivity contribution in [2.24, 2.45) is 11.3 Å². The van der Waals surface area contributed by atoms with E-state index in [1.54, 1.807) is 14.2 Å². The summed E-state index contributed by atoms with van der Waals surface area (Å²) in [5.41, 5.74) is -0.376. The molecule has 152 valence electrons. The van der Waals surface area contributed by atoms with Crippen LogP contribution in [0.5, 0.6) is 11.5 Å². The molecule has 28 heavy (non-hydrogen) atoms. The number of carbonyl (C=O) groups is 2. The van der Waals surface area contributed by atoms with E-state index in [1.165, 1.54) is 0 Å². The highest BCUT2D eigenvalue weighted by atomic mass is 16.5. The van der Waals surface area contributed by atoms with E-state index >= 15 is 0 Å². The lowest BCUT2D eigenvalue weighted by molar-refractivity contribution is -0.150. The maximum atomic E-state index is 13.8. The quantitative estimate of drug-likeness (QED) is 0.839.